The van der Waals surface area contributed by atoms with Gasteiger partial charge in [0.2, 0.25) is 0 Å². The molecule has 0 radical (unpaired) electrons. The Balaban J connectivity index is 2.34. The van der Waals surface area contributed by atoms with Crippen LogP contribution in [0.1, 0.15) is 22.7 Å². The Morgan fingerprint density at radius 3 is 2.15 bits per heavy atom. The van der Waals surface area contributed by atoms with Gasteiger partial charge in [-0.25, -0.2) is 4.39 Å². The fourth-order valence-electron chi connectivity index (χ4n) is 1.81. The van der Waals surface area contributed by atoms with Crippen LogP contribution >= 0.6 is 11.6 Å². The van der Waals surface area contributed by atoms with E-state index in [2.05, 4.69) is 0 Å². The Bertz CT molecular complexity index is 608. The summed E-state index contributed by atoms with van der Waals surface area (Å²) in [6, 6.07) is 7.31. The first kappa shape index (κ1) is 14.8. The van der Waals surface area contributed by atoms with E-state index in [9.17, 15) is 17.6 Å². The second-order valence-corrected chi connectivity index (χ2v) is 4.67. The fraction of sp³-hybridized carbons (Fsp3) is 0.143. The minimum Gasteiger partial charge on any atom is -0.320 e. The summed E-state index contributed by atoms with van der Waals surface area (Å²) in [6.45, 7) is 0. The molecule has 1 unspecified atom stereocenters. The predicted molar refractivity (Wildman–Crippen MR) is 68.9 cm³/mol. The monoisotopic (exact) mass is 303 g/mol. The molecule has 1 atom stereocenters. The normalized spacial score (nSPS) is 13.3. The molecule has 0 heterocycles. The number of benzene rings is 2. The van der Waals surface area contributed by atoms with Crippen LogP contribution in [0, 0.1) is 5.82 Å². The summed E-state index contributed by atoms with van der Waals surface area (Å²) in [5, 5.41) is 0.263. The van der Waals surface area contributed by atoms with Crippen molar-refractivity contribution in [2.75, 3.05) is 0 Å². The molecule has 1 nitrogen and oxygen atoms in total. The van der Waals surface area contributed by atoms with Crippen molar-refractivity contribution in [3.05, 3.63) is 70.0 Å². The summed E-state index contributed by atoms with van der Waals surface area (Å²) in [5.41, 5.74) is 5.89. The van der Waals surface area contributed by atoms with E-state index in [4.69, 9.17) is 17.3 Å². The van der Waals surface area contributed by atoms with E-state index in [1.165, 1.54) is 30.3 Å². The van der Waals surface area contributed by atoms with Gasteiger partial charge >= 0.3 is 6.18 Å². The summed E-state index contributed by atoms with van der Waals surface area (Å²) in [5.74, 6) is -0.508. The van der Waals surface area contributed by atoms with Crippen LogP contribution in [0.4, 0.5) is 17.6 Å². The highest BCUT2D eigenvalue weighted by molar-refractivity contribution is 6.31. The largest absolute Gasteiger partial charge is 0.416 e. The van der Waals surface area contributed by atoms with Gasteiger partial charge in [-0.1, -0.05) is 23.7 Å². The van der Waals surface area contributed by atoms with E-state index < -0.39 is 23.6 Å². The zero-order valence-corrected chi connectivity index (χ0v) is 10.8. The van der Waals surface area contributed by atoms with Gasteiger partial charge < -0.3 is 5.73 Å². The van der Waals surface area contributed by atoms with Crippen molar-refractivity contribution in [3.8, 4) is 0 Å². The van der Waals surface area contributed by atoms with Crippen molar-refractivity contribution in [1.82, 2.24) is 0 Å². The molecule has 0 aliphatic rings. The number of hydrogen-bond donors (Lipinski definition) is 1. The maximum Gasteiger partial charge on any atom is 0.416 e. The molecule has 0 amide bonds. The van der Waals surface area contributed by atoms with E-state index in [0.717, 1.165) is 12.1 Å². The molecule has 106 valence electrons. The third kappa shape index (κ3) is 3.11. The SMILES string of the molecule is NC(c1ccc(C(F)(F)F)cc1)c1cc(F)ccc1Cl. The minimum absolute atomic E-state index is 0.263. The summed E-state index contributed by atoms with van der Waals surface area (Å²) in [4.78, 5) is 0. The number of nitrogens with two attached hydrogens (primary N) is 1. The molecule has 0 aromatic heterocycles. The summed E-state index contributed by atoms with van der Waals surface area (Å²) in [7, 11) is 0. The molecule has 6 heteroatoms. The molecule has 0 aliphatic heterocycles. The Labute approximate surface area is 118 Å². The van der Waals surface area contributed by atoms with Crippen molar-refractivity contribution < 1.29 is 17.6 Å². The minimum atomic E-state index is -4.40. The molecular weight excluding hydrogens is 294 g/mol. The highest BCUT2D eigenvalue weighted by Gasteiger charge is 2.30. The molecule has 2 rings (SSSR count). The van der Waals surface area contributed by atoms with Crippen LogP contribution in [0.5, 0.6) is 0 Å². The van der Waals surface area contributed by atoms with Crippen LogP contribution in [-0.2, 0) is 6.18 Å². The van der Waals surface area contributed by atoms with Gasteiger partial charge in [-0.3, -0.25) is 0 Å². The molecule has 0 spiro atoms. The highest BCUT2D eigenvalue weighted by Crippen LogP contribution is 2.32. The van der Waals surface area contributed by atoms with Crippen LogP contribution in [0.3, 0.4) is 0 Å². The van der Waals surface area contributed by atoms with Crippen molar-refractivity contribution in [2.45, 2.75) is 12.2 Å². The molecular formula is C14H10ClF4N. The fourth-order valence-corrected chi connectivity index (χ4v) is 2.05. The number of rotatable bonds is 2. The van der Waals surface area contributed by atoms with Crippen molar-refractivity contribution in [1.29, 1.82) is 0 Å². The van der Waals surface area contributed by atoms with E-state index >= 15 is 0 Å². The van der Waals surface area contributed by atoms with Gasteiger partial charge in [0, 0.05) is 5.02 Å². The molecule has 20 heavy (non-hydrogen) atoms. The van der Waals surface area contributed by atoms with Crippen LogP contribution < -0.4 is 5.73 Å². The van der Waals surface area contributed by atoms with Crippen LogP contribution in [-0.4, -0.2) is 0 Å². The van der Waals surface area contributed by atoms with E-state index in [1.54, 1.807) is 0 Å². The van der Waals surface area contributed by atoms with Gasteiger partial charge in [0.05, 0.1) is 11.6 Å². The van der Waals surface area contributed by atoms with E-state index in [0.29, 0.717) is 11.1 Å². The molecule has 0 aliphatic carbocycles. The lowest BCUT2D eigenvalue weighted by molar-refractivity contribution is -0.137. The second kappa shape index (κ2) is 5.42. The summed E-state index contributed by atoms with van der Waals surface area (Å²) < 4.78 is 50.6. The second-order valence-electron chi connectivity index (χ2n) is 4.26. The Hall–Kier alpha value is -1.59. The topological polar surface area (TPSA) is 26.0 Å². The standard InChI is InChI=1S/C14H10ClF4N/c15-12-6-5-10(16)7-11(12)13(20)8-1-3-9(4-2-8)14(17,18)19/h1-7,13H,20H2. The average Bonchev–Trinajstić information content (AvgIpc) is 2.40. The lowest BCUT2D eigenvalue weighted by atomic mass is 9.98. The lowest BCUT2D eigenvalue weighted by Gasteiger charge is -2.15. The van der Waals surface area contributed by atoms with Crippen molar-refractivity contribution in [2.24, 2.45) is 5.73 Å². The molecule has 0 saturated carbocycles. The van der Waals surface area contributed by atoms with Gasteiger partial charge in [0.1, 0.15) is 5.82 Å². The maximum absolute atomic E-state index is 13.2. The quantitative estimate of drug-likeness (QED) is 0.810. The Kier molecular flexibility index (Phi) is 4.01. The first-order valence-corrected chi connectivity index (χ1v) is 6.04. The number of hydrogen-bond acceptors (Lipinski definition) is 1. The number of alkyl halides is 3. The smallest absolute Gasteiger partial charge is 0.320 e. The van der Waals surface area contributed by atoms with Crippen LogP contribution in [0.15, 0.2) is 42.5 Å². The third-order valence-corrected chi connectivity index (χ3v) is 3.23. The summed E-state index contributed by atoms with van der Waals surface area (Å²) >= 11 is 5.92. The van der Waals surface area contributed by atoms with Crippen LogP contribution in [0.2, 0.25) is 5.02 Å². The average molecular weight is 304 g/mol. The van der Waals surface area contributed by atoms with Crippen molar-refractivity contribution >= 4 is 11.6 Å². The predicted octanol–water partition coefficient (Wildman–Crippen LogP) is 4.55. The van der Waals surface area contributed by atoms with Gasteiger partial charge in [-0.2, -0.15) is 13.2 Å². The summed E-state index contributed by atoms with van der Waals surface area (Å²) in [6.07, 6.45) is -4.40. The van der Waals surface area contributed by atoms with Gasteiger partial charge in [-0.15, -0.1) is 0 Å². The Morgan fingerprint density at radius 1 is 1.00 bits per heavy atom. The zero-order valence-electron chi connectivity index (χ0n) is 10.1. The molecule has 0 bridgehead atoms. The molecule has 0 saturated heterocycles. The lowest BCUT2D eigenvalue weighted by Crippen LogP contribution is -2.13. The third-order valence-electron chi connectivity index (χ3n) is 2.89. The van der Waals surface area contributed by atoms with Crippen molar-refractivity contribution in [3.63, 3.8) is 0 Å². The molecule has 2 N–H and O–H groups in total. The van der Waals surface area contributed by atoms with E-state index in [1.807, 2.05) is 0 Å². The van der Waals surface area contributed by atoms with Gasteiger partial charge in [-0.05, 0) is 41.5 Å². The molecule has 2 aromatic carbocycles. The maximum atomic E-state index is 13.2. The zero-order chi connectivity index (χ0) is 14.9. The number of halogens is 5. The highest BCUT2D eigenvalue weighted by atomic mass is 35.5. The van der Waals surface area contributed by atoms with Gasteiger partial charge in [0.15, 0.2) is 0 Å². The molecule has 2 aromatic rings. The van der Waals surface area contributed by atoms with Gasteiger partial charge in [0.25, 0.3) is 0 Å². The van der Waals surface area contributed by atoms with E-state index in [-0.39, 0.29) is 5.02 Å². The molecule has 0 fully saturated rings. The van der Waals surface area contributed by atoms with Crippen LogP contribution in [0.25, 0.3) is 0 Å². The first-order valence-electron chi connectivity index (χ1n) is 5.66. The Morgan fingerprint density at radius 2 is 1.60 bits per heavy atom. The first-order chi connectivity index (χ1) is 9.29.